The number of hydrogen-bond donors (Lipinski definition) is 1. The third-order valence-electron chi connectivity index (χ3n) is 3.95. The number of fused-ring (bicyclic) bond motifs is 1. The highest BCUT2D eigenvalue weighted by Crippen LogP contribution is 2.28. The molecule has 21 heavy (non-hydrogen) atoms. The van der Waals surface area contributed by atoms with Crippen LogP contribution in [0.25, 0.3) is 11.0 Å². The summed E-state index contributed by atoms with van der Waals surface area (Å²) < 4.78 is 8.90. The molecule has 2 aromatic rings. The number of imidazole rings is 1. The van der Waals surface area contributed by atoms with Gasteiger partial charge in [0.25, 0.3) is 0 Å². The second kappa shape index (κ2) is 6.06. The van der Waals surface area contributed by atoms with Crippen LogP contribution in [-0.2, 0) is 6.54 Å². The van der Waals surface area contributed by atoms with Crippen molar-refractivity contribution in [1.29, 1.82) is 0 Å². The SMILES string of the molecule is CC(C)Oc1cccc2c1[nH]c(=S)n2CC1CC=CCC1. The van der Waals surface area contributed by atoms with Crippen molar-refractivity contribution < 1.29 is 4.74 Å². The summed E-state index contributed by atoms with van der Waals surface area (Å²) in [5.74, 6) is 1.56. The normalized spacial score (nSPS) is 18.5. The van der Waals surface area contributed by atoms with Crippen molar-refractivity contribution in [2.75, 3.05) is 0 Å². The molecule has 112 valence electrons. The zero-order valence-corrected chi connectivity index (χ0v) is 13.5. The van der Waals surface area contributed by atoms with Crippen LogP contribution in [0.3, 0.4) is 0 Å². The molecule has 1 aliphatic rings. The van der Waals surface area contributed by atoms with Crippen molar-refractivity contribution in [3.63, 3.8) is 0 Å². The first-order valence-corrected chi connectivity index (χ1v) is 8.09. The van der Waals surface area contributed by atoms with E-state index in [1.54, 1.807) is 0 Å². The molecule has 1 aliphatic carbocycles. The molecule has 3 rings (SSSR count). The maximum atomic E-state index is 5.88. The first kappa shape index (κ1) is 14.4. The molecule has 0 aliphatic heterocycles. The van der Waals surface area contributed by atoms with Crippen molar-refractivity contribution in [1.82, 2.24) is 9.55 Å². The monoisotopic (exact) mass is 302 g/mol. The van der Waals surface area contributed by atoms with Gasteiger partial charge >= 0.3 is 0 Å². The Bertz CT molecular complexity index is 711. The molecule has 1 heterocycles. The van der Waals surface area contributed by atoms with Gasteiger partial charge in [0, 0.05) is 6.54 Å². The number of aromatic amines is 1. The Balaban J connectivity index is 1.97. The Morgan fingerprint density at radius 2 is 2.24 bits per heavy atom. The fraction of sp³-hybridized carbons (Fsp3) is 0.471. The zero-order valence-electron chi connectivity index (χ0n) is 12.6. The lowest BCUT2D eigenvalue weighted by molar-refractivity contribution is 0.245. The predicted molar refractivity (Wildman–Crippen MR) is 89.4 cm³/mol. The van der Waals surface area contributed by atoms with Crippen LogP contribution in [0.4, 0.5) is 0 Å². The first-order valence-electron chi connectivity index (χ1n) is 7.68. The van der Waals surface area contributed by atoms with E-state index < -0.39 is 0 Å². The van der Waals surface area contributed by atoms with Crippen LogP contribution in [0.15, 0.2) is 30.4 Å². The van der Waals surface area contributed by atoms with Crippen molar-refractivity contribution in [2.45, 2.75) is 45.8 Å². The zero-order chi connectivity index (χ0) is 14.8. The number of benzene rings is 1. The van der Waals surface area contributed by atoms with Crippen LogP contribution in [0.1, 0.15) is 33.1 Å². The van der Waals surface area contributed by atoms with Gasteiger partial charge in [0.05, 0.1) is 11.6 Å². The summed E-state index contributed by atoms with van der Waals surface area (Å²) in [7, 11) is 0. The van der Waals surface area contributed by atoms with Gasteiger partial charge in [-0.1, -0.05) is 18.2 Å². The van der Waals surface area contributed by atoms with Crippen LogP contribution >= 0.6 is 12.2 Å². The molecule has 0 bridgehead atoms. The molecule has 3 nitrogen and oxygen atoms in total. The molecule has 0 saturated carbocycles. The highest BCUT2D eigenvalue weighted by atomic mass is 32.1. The standard InChI is InChI=1S/C17H22N2OS/c1-12(2)20-15-10-6-9-14-16(15)18-17(21)19(14)11-13-7-4-3-5-8-13/h3-4,6,9-10,12-13H,5,7-8,11H2,1-2H3,(H,18,21). The van der Waals surface area contributed by atoms with Crippen LogP contribution in [0.5, 0.6) is 5.75 Å². The van der Waals surface area contributed by atoms with Gasteiger partial charge in [0.15, 0.2) is 4.77 Å². The smallest absolute Gasteiger partial charge is 0.178 e. The van der Waals surface area contributed by atoms with E-state index in [0.717, 1.165) is 34.5 Å². The Morgan fingerprint density at radius 1 is 1.38 bits per heavy atom. The van der Waals surface area contributed by atoms with Gasteiger partial charge < -0.3 is 14.3 Å². The molecule has 1 aromatic heterocycles. The molecule has 0 amide bonds. The van der Waals surface area contributed by atoms with Crippen molar-refractivity contribution >= 4 is 23.3 Å². The van der Waals surface area contributed by atoms with Crippen LogP contribution in [-0.4, -0.2) is 15.7 Å². The van der Waals surface area contributed by atoms with Crippen molar-refractivity contribution in [2.24, 2.45) is 5.92 Å². The molecule has 0 radical (unpaired) electrons. The summed E-state index contributed by atoms with van der Waals surface area (Å²) in [5.41, 5.74) is 2.16. The summed E-state index contributed by atoms with van der Waals surface area (Å²) in [4.78, 5) is 3.33. The molecule has 0 saturated heterocycles. The molecule has 1 N–H and O–H groups in total. The third kappa shape index (κ3) is 3.05. The van der Waals surface area contributed by atoms with Gasteiger partial charge in [-0.2, -0.15) is 0 Å². The van der Waals surface area contributed by atoms with Crippen molar-refractivity contribution in [3.8, 4) is 5.75 Å². The minimum absolute atomic E-state index is 0.157. The number of H-pyrrole nitrogens is 1. The predicted octanol–water partition coefficient (Wildman–Crippen LogP) is 4.84. The number of nitrogens with one attached hydrogen (secondary N) is 1. The second-order valence-corrected chi connectivity index (χ2v) is 6.39. The van der Waals surface area contributed by atoms with Gasteiger partial charge in [-0.15, -0.1) is 0 Å². The summed E-state index contributed by atoms with van der Waals surface area (Å²) in [6, 6.07) is 6.16. The number of allylic oxidation sites excluding steroid dienone is 2. The van der Waals surface area contributed by atoms with Gasteiger partial charge in [-0.3, -0.25) is 0 Å². The summed E-state index contributed by atoms with van der Waals surface area (Å²) in [5, 5.41) is 0. The van der Waals surface area contributed by atoms with Gasteiger partial charge in [0.1, 0.15) is 11.3 Å². The van der Waals surface area contributed by atoms with E-state index in [1.165, 1.54) is 12.8 Å². The Labute approximate surface area is 130 Å². The van der Waals surface area contributed by atoms with Gasteiger partial charge in [-0.25, -0.2) is 0 Å². The van der Waals surface area contributed by atoms with E-state index in [9.17, 15) is 0 Å². The van der Waals surface area contributed by atoms with E-state index in [0.29, 0.717) is 5.92 Å². The minimum atomic E-state index is 0.157. The molecule has 0 spiro atoms. The Kier molecular flexibility index (Phi) is 4.15. The molecule has 0 fully saturated rings. The van der Waals surface area contributed by atoms with E-state index in [2.05, 4.69) is 27.8 Å². The quantitative estimate of drug-likeness (QED) is 0.647. The average Bonchev–Trinajstić information content (AvgIpc) is 2.77. The van der Waals surface area contributed by atoms with E-state index in [1.807, 2.05) is 26.0 Å². The fourth-order valence-corrected chi connectivity index (χ4v) is 3.24. The molecular formula is C17H22N2OS. The number of aromatic nitrogens is 2. The summed E-state index contributed by atoms with van der Waals surface area (Å²) in [6.07, 6.45) is 8.30. The number of ether oxygens (including phenoxy) is 1. The molecule has 4 heteroatoms. The Morgan fingerprint density at radius 3 is 2.95 bits per heavy atom. The average molecular weight is 302 g/mol. The van der Waals surface area contributed by atoms with E-state index in [-0.39, 0.29) is 6.10 Å². The van der Waals surface area contributed by atoms with Crippen molar-refractivity contribution in [3.05, 3.63) is 35.1 Å². The summed E-state index contributed by atoms with van der Waals surface area (Å²) >= 11 is 5.53. The molecule has 1 aromatic carbocycles. The fourth-order valence-electron chi connectivity index (χ4n) is 2.97. The van der Waals surface area contributed by atoms with Crippen LogP contribution in [0.2, 0.25) is 0 Å². The lowest BCUT2D eigenvalue weighted by Gasteiger charge is -2.18. The number of nitrogens with zero attached hydrogens (tertiary/aromatic N) is 1. The first-order chi connectivity index (χ1) is 10.1. The highest BCUT2D eigenvalue weighted by molar-refractivity contribution is 7.71. The lowest BCUT2D eigenvalue weighted by Crippen LogP contribution is -2.12. The molecule has 1 unspecified atom stereocenters. The topological polar surface area (TPSA) is 29.9 Å². The van der Waals surface area contributed by atoms with Gasteiger partial charge in [0.2, 0.25) is 0 Å². The highest BCUT2D eigenvalue weighted by Gasteiger charge is 2.15. The summed E-state index contributed by atoms with van der Waals surface area (Å²) in [6.45, 7) is 5.06. The lowest BCUT2D eigenvalue weighted by atomic mass is 9.94. The maximum absolute atomic E-state index is 5.88. The molecule has 1 atom stereocenters. The third-order valence-corrected chi connectivity index (χ3v) is 4.28. The van der Waals surface area contributed by atoms with Crippen LogP contribution < -0.4 is 4.74 Å². The largest absolute Gasteiger partial charge is 0.489 e. The Hall–Kier alpha value is -1.55. The minimum Gasteiger partial charge on any atom is -0.489 e. The van der Waals surface area contributed by atoms with E-state index in [4.69, 9.17) is 17.0 Å². The van der Waals surface area contributed by atoms with E-state index >= 15 is 0 Å². The number of rotatable bonds is 4. The van der Waals surface area contributed by atoms with Gasteiger partial charge in [-0.05, 0) is 63.4 Å². The second-order valence-electron chi connectivity index (χ2n) is 6.01. The number of hydrogen-bond acceptors (Lipinski definition) is 2. The van der Waals surface area contributed by atoms with Crippen LogP contribution in [0, 0.1) is 10.7 Å². The molecular weight excluding hydrogens is 280 g/mol. The maximum Gasteiger partial charge on any atom is 0.178 e. The number of para-hydroxylation sites is 1.